The van der Waals surface area contributed by atoms with Gasteiger partial charge in [-0.05, 0) is 31.2 Å². The Hall–Kier alpha value is -0.970. The van der Waals surface area contributed by atoms with E-state index in [4.69, 9.17) is 22.1 Å². The summed E-state index contributed by atoms with van der Waals surface area (Å²) in [4.78, 5) is 11.7. The number of amides is 1. The standard InChI is InChI=1S/C11H15ClN2O2.ClH/c1-16-10-7-8(12)3-4-9(10)11(15)14-6-2-5-13;/h3-4,7H,2,5-6,13H2,1H3,(H,14,15);1H. The summed E-state index contributed by atoms with van der Waals surface area (Å²) in [5.74, 6) is 0.291. The van der Waals surface area contributed by atoms with Gasteiger partial charge in [0.05, 0.1) is 12.7 Å². The maximum Gasteiger partial charge on any atom is 0.255 e. The van der Waals surface area contributed by atoms with Crippen LogP contribution in [-0.4, -0.2) is 26.1 Å². The Balaban J connectivity index is 0.00000256. The van der Waals surface area contributed by atoms with E-state index in [1.807, 2.05) is 0 Å². The summed E-state index contributed by atoms with van der Waals surface area (Å²) in [6, 6.07) is 4.90. The molecule has 6 heteroatoms. The Kier molecular flexibility index (Phi) is 7.70. The molecule has 1 amide bonds. The molecule has 0 spiro atoms. The molecule has 0 aliphatic heterocycles. The van der Waals surface area contributed by atoms with Crippen molar-refractivity contribution in [1.82, 2.24) is 5.32 Å². The second kappa shape index (κ2) is 8.17. The van der Waals surface area contributed by atoms with E-state index in [1.54, 1.807) is 18.2 Å². The molecule has 0 atom stereocenters. The summed E-state index contributed by atoms with van der Waals surface area (Å²) < 4.78 is 5.08. The van der Waals surface area contributed by atoms with Crippen LogP contribution >= 0.6 is 24.0 Å². The highest BCUT2D eigenvalue weighted by Gasteiger charge is 2.11. The number of hydrogen-bond acceptors (Lipinski definition) is 3. The van der Waals surface area contributed by atoms with Crippen LogP contribution in [0.25, 0.3) is 0 Å². The molecule has 0 heterocycles. The van der Waals surface area contributed by atoms with E-state index >= 15 is 0 Å². The molecule has 0 saturated heterocycles. The van der Waals surface area contributed by atoms with Gasteiger partial charge in [-0.1, -0.05) is 11.6 Å². The van der Waals surface area contributed by atoms with E-state index in [2.05, 4.69) is 5.32 Å². The highest BCUT2D eigenvalue weighted by Crippen LogP contribution is 2.22. The average molecular weight is 279 g/mol. The molecular weight excluding hydrogens is 263 g/mol. The van der Waals surface area contributed by atoms with Gasteiger partial charge >= 0.3 is 0 Å². The molecule has 17 heavy (non-hydrogen) atoms. The molecule has 0 fully saturated rings. The minimum absolute atomic E-state index is 0. The lowest BCUT2D eigenvalue weighted by atomic mass is 10.2. The summed E-state index contributed by atoms with van der Waals surface area (Å²) in [6.07, 6.45) is 0.752. The van der Waals surface area contributed by atoms with E-state index < -0.39 is 0 Å². The van der Waals surface area contributed by atoms with Crippen molar-refractivity contribution in [1.29, 1.82) is 0 Å². The van der Waals surface area contributed by atoms with Crippen molar-refractivity contribution in [2.75, 3.05) is 20.2 Å². The van der Waals surface area contributed by atoms with Crippen molar-refractivity contribution in [3.8, 4) is 5.75 Å². The Morgan fingerprint density at radius 1 is 1.53 bits per heavy atom. The van der Waals surface area contributed by atoms with Gasteiger partial charge in [-0.2, -0.15) is 0 Å². The Bertz CT molecular complexity index is 372. The first-order valence-electron chi connectivity index (χ1n) is 5.01. The molecule has 0 aliphatic rings. The third-order valence-electron chi connectivity index (χ3n) is 2.07. The molecule has 0 aliphatic carbocycles. The molecule has 3 N–H and O–H groups in total. The predicted octanol–water partition coefficient (Wildman–Crippen LogP) is 1.85. The van der Waals surface area contributed by atoms with Gasteiger partial charge in [0, 0.05) is 11.6 Å². The minimum atomic E-state index is -0.179. The van der Waals surface area contributed by atoms with Crippen LogP contribution in [0, 0.1) is 0 Å². The smallest absolute Gasteiger partial charge is 0.255 e. The molecule has 0 aromatic heterocycles. The van der Waals surface area contributed by atoms with Gasteiger partial charge in [0.2, 0.25) is 0 Å². The van der Waals surface area contributed by atoms with Crippen molar-refractivity contribution < 1.29 is 9.53 Å². The number of carbonyl (C=O) groups excluding carboxylic acids is 1. The van der Waals surface area contributed by atoms with Crippen molar-refractivity contribution in [3.63, 3.8) is 0 Å². The predicted molar refractivity (Wildman–Crippen MR) is 71.3 cm³/mol. The molecule has 96 valence electrons. The highest BCUT2D eigenvalue weighted by molar-refractivity contribution is 6.30. The van der Waals surface area contributed by atoms with Gasteiger partial charge in [-0.3, -0.25) is 4.79 Å². The number of nitrogens with one attached hydrogen (secondary N) is 1. The summed E-state index contributed by atoms with van der Waals surface area (Å²) in [7, 11) is 1.50. The summed E-state index contributed by atoms with van der Waals surface area (Å²) >= 11 is 5.80. The zero-order chi connectivity index (χ0) is 12.0. The van der Waals surface area contributed by atoms with Crippen LogP contribution < -0.4 is 15.8 Å². The van der Waals surface area contributed by atoms with Gasteiger partial charge in [0.1, 0.15) is 5.75 Å². The number of rotatable bonds is 5. The highest BCUT2D eigenvalue weighted by atomic mass is 35.5. The zero-order valence-electron chi connectivity index (χ0n) is 9.53. The summed E-state index contributed by atoms with van der Waals surface area (Å²) in [6.45, 7) is 1.11. The number of benzene rings is 1. The topological polar surface area (TPSA) is 64.3 Å². The first-order valence-corrected chi connectivity index (χ1v) is 5.38. The van der Waals surface area contributed by atoms with Crippen molar-refractivity contribution in [2.45, 2.75) is 6.42 Å². The van der Waals surface area contributed by atoms with Crippen molar-refractivity contribution in [2.24, 2.45) is 5.73 Å². The number of carbonyl (C=O) groups is 1. The Morgan fingerprint density at radius 3 is 2.82 bits per heavy atom. The number of halogens is 2. The van der Waals surface area contributed by atoms with E-state index in [-0.39, 0.29) is 18.3 Å². The lowest BCUT2D eigenvalue weighted by Crippen LogP contribution is -2.26. The fourth-order valence-corrected chi connectivity index (χ4v) is 1.41. The molecule has 0 unspecified atom stereocenters. The van der Waals surface area contributed by atoms with Crippen LogP contribution in [0.5, 0.6) is 5.75 Å². The van der Waals surface area contributed by atoms with Crippen LogP contribution in [0.1, 0.15) is 16.8 Å². The van der Waals surface area contributed by atoms with Gasteiger partial charge in [0.25, 0.3) is 5.91 Å². The Labute approximate surface area is 112 Å². The first kappa shape index (κ1) is 16.0. The molecular formula is C11H16Cl2N2O2. The minimum Gasteiger partial charge on any atom is -0.496 e. The van der Waals surface area contributed by atoms with Crippen LogP contribution in [0.3, 0.4) is 0 Å². The van der Waals surface area contributed by atoms with Crippen LogP contribution in [0.2, 0.25) is 5.02 Å². The zero-order valence-corrected chi connectivity index (χ0v) is 11.1. The lowest BCUT2D eigenvalue weighted by molar-refractivity contribution is 0.0950. The number of methoxy groups -OCH3 is 1. The second-order valence-electron chi connectivity index (χ2n) is 3.24. The third-order valence-corrected chi connectivity index (χ3v) is 2.31. The summed E-state index contributed by atoms with van der Waals surface area (Å²) in [5, 5.41) is 3.29. The molecule has 0 bridgehead atoms. The molecule has 0 radical (unpaired) electrons. The van der Waals surface area contributed by atoms with E-state index in [1.165, 1.54) is 7.11 Å². The monoisotopic (exact) mass is 278 g/mol. The molecule has 0 saturated carbocycles. The van der Waals surface area contributed by atoms with Gasteiger partial charge in [0.15, 0.2) is 0 Å². The lowest BCUT2D eigenvalue weighted by Gasteiger charge is -2.09. The maximum absolute atomic E-state index is 11.7. The molecule has 1 aromatic carbocycles. The summed E-state index contributed by atoms with van der Waals surface area (Å²) in [5.41, 5.74) is 5.81. The number of nitrogens with two attached hydrogens (primary N) is 1. The van der Waals surface area contributed by atoms with Crippen molar-refractivity contribution >= 4 is 29.9 Å². The fraction of sp³-hybridized carbons (Fsp3) is 0.364. The van der Waals surface area contributed by atoms with Gasteiger partial charge in [-0.25, -0.2) is 0 Å². The fourth-order valence-electron chi connectivity index (χ4n) is 1.25. The SMILES string of the molecule is COc1cc(Cl)ccc1C(=O)NCCCN.Cl. The largest absolute Gasteiger partial charge is 0.496 e. The van der Waals surface area contributed by atoms with Crippen LogP contribution in [0.4, 0.5) is 0 Å². The molecule has 1 rings (SSSR count). The van der Waals surface area contributed by atoms with E-state index in [9.17, 15) is 4.79 Å². The van der Waals surface area contributed by atoms with E-state index in [0.717, 1.165) is 6.42 Å². The molecule has 1 aromatic rings. The van der Waals surface area contributed by atoms with E-state index in [0.29, 0.717) is 29.4 Å². The number of hydrogen-bond donors (Lipinski definition) is 2. The average Bonchev–Trinajstić information content (AvgIpc) is 2.29. The third kappa shape index (κ3) is 4.81. The van der Waals surface area contributed by atoms with Crippen LogP contribution in [-0.2, 0) is 0 Å². The normalized spacial score (nSPS) is 9.35. The maximum atomic E-state index is 11.7. The van der Waals surface area contributed by atoms with Crippen molar-refractivity contribution in [3.05, 3.63) is 28.8 Å². The Morgan fingerprint density at radius 2 is 2.24 bits per heavy atom. The quantitative estimate of drug-likeness (QED) is 0.808. The van der Waals surface area contributed by atoms with Gasteiger partial charge < -0.3 is 15.8 Å². The second-order valence-corrected chi connectivity index (χ2v) is 3.68. The molecule has 4 nitrogen and oxygen atoms in total. The van der Waals surface area contributed by atoms with Gasteiger partial charge in [-0.15, -0.1) is 12.4 Å². The number of ether oxygens (including phenoxy) is 1. The van der Waals surface area contributed by atoms with Crippen LogP contribution in [0.15, 0.2) is 18.2 Å². The first-order chi connectivity index (χ1) is 7.69.